The summed E-state index contributed by atoms with van der Waals surface area (Å²) in [5, 5.41) is 7.11. The van der Waals surface area contributed by atoms with E-state index in [-0.39, 0.29) is 5.91 Å². The maximum Gasteiger partial charge on any atom is 0.258 e. The molecule has 0 atom stereocenters. The number of halogens is 1. The Morgan fingerprint density at radius 3 is 2.60 bits per heavy atom. The van der Waals surface area contributed by atoms with Crippen molar-refractivity contribution in [1.29, 1.82) is 0 Å². The lowest BCUT2D eigenvalue weighted by atomic mass is 10.2. The van der Waals surface area contributed by atoms with Crippen LogP contribution >= 0.6 is 15.9 Å². The molecule has 1 N–H and O–H groups in total. The van der Waals surface area contributed by atoms with E-state index in [1.54, 1.807) is 23.0 Å². The van der Waals surface area contributed by atoms with Crippen molar-refractivity contribution in [1.82, 2.24) is 9.78 Å². The van der Waals surface area contributed by atoms with E-state index in [2.05, 4.69) is 26.3 Å². The first-order valence-corrected chi connectivity index (χ1v) is 8.50. The van der Waals surface area contributed by atoms with Crippen LogP contribution in [0.3, 0.4) is 0 Å². The van der Waals surface area contributed by atoms with E-state index in [1.165, 1.54) is 6.20 Å². The Balaban J connectivity index is 1.56. The highest BCUT2D eigenvalue weighted by Gasteiger charge is 2.17. The summed E-state index contributed by atoms with van der Waals surface area (Å²) in [6, 6.07) is 13.2. The van der Waals surface area contributed by atoms with Gasteiger partial charge in [0.05, 0.1) is 23.1 Å². The highest BCUT2D eigenvalue weighted by molar-refractivity contribution is 9.10. The molecular weight excluding hydrogens is 386 g/mol. The van der Waals surface area contributed by atoms with Crippen LogP contribution in [-0.4, -0.2) is 28.9 Å². The molecule has 126 valence electrons. The molecule has 6 nitrogen and oxygen atoms in total. The van der Waals surface area contributed by atoms with Crippen molar-refractivity contribution in [3.63, 3.8) is 0 Å². The van der Waals surface area contributed by atoms with Gasteiger partial charge >= 0.3 is 0 Å². The van der Waals surface area contributed by atoms with Crippen LogP contribution in [0.2, 0.25) is 0 Å². The van der Waals surface area contributed by atoms with Gasteiger partial charge in [-0.05, 0) is 28.1 Å². The van der Waals surface area contributed by atoms with Gasteiger partial charge in [0, 0.05) is 22.8 Å². The van der Waals surface area contributed by atoms with Crippen molar-refractivity contribution in [2.24, 2.45) is 0 Å². The number of para-hydroxylation sites is 1. The molecule has 2 aromatic carbocycles. The number of hydrogen-bond acceptors (Lipinski definition) is 4. The number of nitrogens with one attached hydrogen (secondary N) is 1. The summed E-state index contributed by atoms with van der Waals surface area (Å²) in [6.45, 7) is 1.01. The van der Waals surface area contributed by atoms with Gasteiger partial charge in [-0.2, -0.15) is 5.10 Å². The average Bonchev–Trinajstić information content (AvgIpc) is 3.13. The second kappa shape index (κ2) is 6.60. The summed E-state index contributed by atoms with van der Waals surface area (Å²) >= 11 is 3.45. The van der Waals surface area contributed by atoms with Gasteiger partial charge in [0.15, 0.2) is 11.5 Å². The van der Waals surface area contributed by atoms with E-state index in [9.17, 15) is 4.79 Å². The van der Waals surface area contributed by atoms with Crippen LogP contribution in [0.1, 0.15) is 10.4 Å². The van der Waals surface area contributed by atoms with Crippen LogP contribution in [0.25, 0.3) is 5.69 Å². The molecular formula is C18H14BrN3O3. The van der Waals surface area contributed by atoms with Crippen molar-refractivity contribution < 1.29 is 14.3 Å². The largest absolute Gasteiger partial charge is 0.486 e. The maximum absolute atomic E-state index is 12.5. The SMILES string of the molecule is O=C(Nc1cc2c(cc1Br)OCCO2)c1cnn(-c2ccccc2)c1. The number of fused-ring (bicyclic) bond motifs is 1. The van der Waals surface area contributed by atoms with Crippen LogP contribution in [0.15, 0.2) is 59.3 Å². The lowest BCUT2D eigenvalue weighted by Gasteiger charge is -2.20. The molecule has 3 aromatic rings. The van der Waals surface area contributed by atoms with Crippen molar-refractivity contribution in [2.45, 2.75) is 0 Å². The van der Waals surface area contributed by atoms with Crippen LogP contribution in [0.5, 0.6) is 11.5 Å². The number of amides is 1. The fourth-order valence-corrected chi connectivity index (χ4v) is 2.94. The van der Waals surface area contributed by atoms with E-state index in [1.807, 2.05) is 30.3 Å². The molecule has 2 heterocycles. The number of carbonyl (C=O) groups is 1. The van der Waals surface area contributed by atoms with Crippen LogP contribution < -0.4 is 14.8 Å². The normalized spacial score (nSPS) is 12.7. The molecule has 0 bridgehead atoms. The van der Waals surface area contributed by atoms with Crippen molar-refractivity contribution in [2.75, 3.05) is 18.5 Å². The highest BCUT2D eigenvalue weighted by atomic mass is 79.9. The van der Waals surface area contributed by atoms with Gasteiger partial charge in [-0.25, -0.2) is 4.68 Å². The molecule has 1 amide bonds. The van der Waals surface area contributed by atoms with Gasteiger partial charge < -0.3 is 14.8 Å². The van der Waals surface area contributed by atoms with E-state index >= 15 is 0 Å². The number of aromatic nitrogens is 2. The third-order valence-corrected chi connectivity index (χ3v) is 4.40. The van der Waals surface area contributed by atoms with Crippen LogP contribution in [-0.2, 0) is 0 Å². The average molecular weight is 400 g/mol. The highest BCUT2D eigenvalue weighted by Crippen LogP contribution is 2.38. The zero-order chi connectivity index (χ0) is 17.2. The lowest BCUT2D eigenvalue weighted by molar-refractivity contribution is 0.102. The van der Waals surface area contributed by atoms with Gasteiger partial charge in [0.2, 0.25) is 0 Å². The zero-order valence-electron chi connectivity index (χ0n) is 13.1. The minimum absolute atomic E-state index is 0.250. The molecule has 0 fully saturated rings. The third kappa shape index (κ3) is 3.23. The van der Waals surface area contributed by atoms with E-state index < -0.39 is 0 Å². The Morgan fingerprint density at radius 1 is 1.12 bits per heavy atom. The minimum atomic E-state index is -0.250. The molecule has 0 aliphatic carbocycles. The smallest absolute Gasteiger partial charge is 0.258 e. The molecule has 0 saturated heterocycles. The maximum atomic E-state index is 12.5. The Kier molecular flexibility index (Phi) is 4.15. The van der Waals surface area contributed by atoms with E-state index in [4.69, 9.17) is 9.47 Å². The van der Waals surface area contributed by atoms with Crippen molar-refractivity contribution in [3.8, 4) is 17.2 Å². The number of ether oxygens (including phenoxy) is 2. The second-order valence-corrected chi connectivity index (χ2v) is 6.29. The summed E-state index contributed by atoms with van der Waals surface area (Å²) < 4.78 is 13.5. The standard InChI is InChI=1S/C18H14BrN3O3/c19-14-8-16-17(25-7-6-24-16)9-15(14)21-18(23)12-10-20-22(11-12)13-4-2-1-3-5-13/h1-5,8-11H,6-7H2,(H,21,23). The van der Waals surface area contributed by atoms with Crippen molar-refractivity contribution in [3.05, 3.63) is 64.9 Å². The van der Waals surface area contributed by atoms with E-state index in [0.717, 1.165) is 10.2 Å². The van der Waals surface area contributed by atoms with Crippen LogP contribution in [0, 0.1) is 0 Å². The third-order valence-electron chi connectivity index (χ3n) is 3.75. The predicted molar refractivity (Wildman–Crippen MR) is 96.6 cm³/mol. The molecule has 7 heteroatoms. The summed E-state index contributed by atoms with van der Waals surface area (Å²) in [5.41, 5.74) is 1.97. The molecule has 4 rings (SSSR count). The summed E-state index contributed by atoms with van der Waals surface area (Å²) in [6.07, 6.45) is 3.23. The first-order chi connectivity index (χ1) is 12.2. The Hall–Kier alpha value is -2.80. The summed E-state index contributed by atoms with van der Waals surface area (Å²) in [7, 11) is 0. The number of carbonyl (C=O) groups excluding carboxylic acids is 1. The van der Waals surface area contributed by atoms with Gasteiger partial charge in [-0.3, -0.25) is 4.79 Å². The molecule has 1 aliphatic rings. The topological polar surface area (TPSA) is 65.4 Å². The van der Waals surface area contributed by atoms with Crippen LogP contribution in [0.4, 0.5) is 5.69 Å². The van der Waals surface area contributed by atoms with Gasteiger partial charge in [-0.1, -0.05) is 18.2 Å². The first-order valence-electron chi connectivity index (χ1n) is 7.71. The van der Waals surface area contributed by atoms with E-state index in [0.29, 0.717) is 36.0 Å². The Bertz CT molecular complexity index is 925. The quantitative estimate of drug-likeness (QED) is 0.729. The monoisotopic (exact) mass is 399 g/mol. The van der Waals surface area contributed by atoms with Crippen molar-refractivity contribution >= 4 is 27.5 Å². The Morgan fingerprint density at radius 2 is 1.84 bits per heavy atom. The number of nitrogens with zero attached hydrogens (tertiary/aromatic N) is 2. The molecule has 0 unspecified atom stereocenters. The number of rotatable bonds is 3. The fraction of sp³-hybridized carbons (Fsp3) is 0.111. The molecule has 1 aliphatic heterocycles. The Labute approximate surface area is 152 Å². The fourth-order valence-electron chi connectivity index (χ4n) is 2.52. The number of benzene rings is 2. The number of anilines is 1. The summed E-state index contributed by atoms with van der Waals surface area (Å²) in [4.78, 5) is 12.5. The molecule has 0 radical (unpaired) electrons. The molecule has 0 spiro atoms. The van der Waals surface area contributed by atoms with Gasteiger partial charge in [0.25, 0.3) is 5.91 Å². The lowest BCUT2D eigenvalue weighted by Crippen LogP contribution is -2.16. The van der Waals surface area contributed by atoms with Gasteiger partial charge in [-0.15, -0.1) is 0 Å². The molecule has 1 aromatic heterocycles. The summed E-state index contributed by atoms with van der Waals surface area (Å²) in [5.74, 6) is 1.03. The first kappa shape index (κ1) is 15.7. The minimum Gasteiger partial charge on any atom is -0.486 e. The molecule has 0 saturated carbocycles. The van der Waals surface area contributed by atoms with Gasteiger partial charge in [0.1, 0.15) is 13.2 Å². The molecule has 25 heavy (non-hydrogen) atoms. The zero-order valence-corrected chi connectivity index (χ0v) is 14.7. The predicted octanol–water partition coefficient (Wildman–Crippen LogP) is 3.66. The number of hydrogen-bond donors (Lipinski definition) is 1. The second-order valence-electron chi connectivity index (χ2n) is 5.44.